The first-order chi connectivity index (χ1) is 16.4. The molecule has 0 spiro atoms. The molecule has 7 nitrogen and oxygen atoms in total. The van der Waals surface area contributed by atoms with Crippen molar-refractivity contribution in [1.82, 2.24) is 9.88 Å². The zero-order chi connectivity index (χ0) is 24.0. The molecule has 0 aliphatic carbocycles. The van der Waals surface area contributed by atoms with Gasteiger partial charge in [0, 0.05) is 32.6 Å². The SMILES string of the molecule is Cl.O=C(CCCS(=O)(=O)c1ccc(F)cc1)N(CCCN1CCOCC1)c1nc2ccccc2s1. The molecule has 1 saturated heterocycles. The highest BCUT2D eigenvalue weighted by Crippen LogP contribution is 2.29. The van der Waals surface area contributed by atoms with Crippen LogP contribution in [0.5, 0.6) is 0 Å². The highest BCUT2D eigenvalue weighted by Gasteiger charge is 2.22. The summed E-state index contributed by atoms with van der Waals surface area (Å²) in [7, 11) is -3.58. The van der Waals surface area contributed by atoms with Crippen molar-refractivity contribution in [3.63, 3.8) is 0 Å². The third-order valence-electron chi connectivity index (χ3n) is 5.75. The van der Waals surface area contributed by atoms with Gasteiger partial charge in [-0.2, -0.15) is 0 Å². The molecule has 4 rings (SSSR count). The number of carbonyl (C=O) groups excluding carboxylic acids is 1. The van der Waals surface area contributed by atoms with Gasteiger partial charge in [-0.1, -0.05) is 23.5 Å². The Kier molecular flexibility index (Phi) is 9.99. The van der Waals surface area contributed by atoms with E-state index < -0.39 is 15.7 Å². The predicted molar refractivity (Wildman–Crippen MR) is 139 cm³/mol. The Morgan fingerprint density at radius 3 is 2.51 bits per heavy atom. The van der Waals surface area contributed by atoms with Gasteiger partial charge in [0.2, 0.25) is 5.91 Å². The average molecular weight is 542 g/mol. The first-order valence-corrected chi connectivity index (χ1v) is 13.8. The molecule has 1 aliphatic rings. The van der Waals surface area contributed by atoms with Gasteiger partial charge in [-0.05, 0) is 49.2 Å². The molecule has 35 heavy (non-hydrogen) atoms. The molecular formula is C24H29ClFN3O4S2. The molecule has 2 aromatic carbocycles. The number of morpholine rings is 1. The minimum absolute atomic E-state index is 0. The number of hydrogen-bond acceptors (Lipinski definition) is 7. The second kappa shape index (κ2) is 12.7. The van der Waals surface area contributed by atoms with Crippen molar-refractivity contribution in [2.45, 2.75) is 24.2 Å². The number of ether oxygens (including phenoxy) is 1. The standard InChI is InChI=1S/C24H28FN3O4S2.ClH/c25-19-8-10-20(11-9-19)34(30,31)18-3-7-23(29)28(13-4-12-27-14-16-32-17-15-27)24-26-21-5-1-2-6-22(21)33-24;/h1-2,5-6,8-11H,3-4,7,12-18H2;1H. The zero-order valence-electron chi connectivity index (χ0n) is 19.3. The van der Waals surface area contributed by atoms with Crippen LogP contribution in [0.4, 0.5) is 9.52 Å². The van der Waals surface area contributed by atoms with Crippen LogP contribution in [0.15, 0.2) is 53.4 Å². The van der Waals surface area contributed by atoms with E-state index in [1.807, 2.05) is 24.3 Å². The normalized spacial score (nSPS) is 14.5. The number of anilines is 1. The molecule has 0 radical (unpaired) electrons. The molecule has 0 unspecified atom stereocenters. The van der Waals surface area contributed by atoms with Gasteiger partial charge in [0.15, 0.2) is 15.0 Å². The zero-order valence-corrected chi connectivity index (χ0v) is 21.7. The fraction of sp³-hybridized carbons (Fsp3) is 0.417. The van der Waals surface area contributed by atoms with Gasteiger partial charge in [0.25, 0.3) is 0 Å². The van der Waals surface area contributed by atoms with Crippen LogP contribution in [-0.4, -0.2) is 69.4 Å². The summed E-state index contributed by atoms with van der Waals surface area (Å²) in [4.78, 5) is 21.9. The van der Waals surface area contributed by atoms with Crippen molar-refractivity contribution in [3.8, 4) is 0 Å². The van der Waals surface area contributed by atoms with Crippen molar-refractivity contribution < 1.29 is 22.3 Å². The summed E-state index contributed by atoms with van der Waals surface area (Å²) < 4.78 is 44.6. The van der Waals surface area contributed by atoms with Gasteiger partial charge in [-0.25, -0.2) is 17.8 Å². The van der Waals surface area contributed by atoms with Crippen LogP contribution in [0.25, 0.3) is 10.2 Å². The monoisotopic (exact) mass is 541 g/mol. The number of para-hydroxylation sites is 1. The number of amides is 1. The van der Waals surface area contributed by atoms with Gasteiger partial charge < -0.3 is 4.74 Å². The van der Waals surface area contributed by atoms with Gasteiger partial charge in [0.1, 0.15) is 5.82 Å². The Labute approximate surface area is 215 Å². The molecule has 11 heteroatoms. The maximum absolute atomic E-state index is 13.2. The molecule has 2 heterocycles. The molecule has 0 atom stereocenters. The fourth-order valence-corrected chi connectivity index (χ4v) is 6.21. The second-order valence-electron chi connectivity index (χ2n) is 8.19. The lowest BCUT2D eigenvalue weighted by molar-refractivity contribution is -0.118. The maximum Gasteiger partial charge on any atom is 0.228 e. The van der Waals surface area contributed by atoms with Crippen LogP contribution in [0, 0.1) is 5.82 Å². The summed E-state index contributed by atoms with van der Waals surface area (Å²) in [5.74, 6) is -0.806. The van der Waals surface area contributed by atoms with Crippen LogP contribution in [-0.2, 0) is 19.4 Å². The molecule has 0 saturated carbocycles. The van der Waals surface area contributed by atoms with Gasteiger partial charge in [-0.3, -0.25) is 14.6 Å². The number of benzene rings is 2. The summed E-state index contributed by atoms with van der Waals surface area (Å²) in [5.41, 5.74) is 0.840. The van der Waals surface area contributed by atoms with Crippen LogP contribution < -0.4 is 4.90 Å². The number of hydrogen-bond donors (Lipinski definition) is 0. The Morgan fingerprint density at radius 1 is 1.09 bits per heavy atom. The van der Waals surface area contributed by atoms with E-state index in [-0.39, 0.29) is 41.8 Å². The highest BCUT2D eigenvalue weighted by atomic mass is 35.5. The van der Waals surface area contributed by atoms with E-state index in [0.717, 1.165) is 61.6 Å². The molecule has 0 bridgehead atoms. The van der Waals surface area contributed by atoms with Crippen molar-refractivity contribution in [3.05, 3.63) is 54.3 Å². The predicted octanol–water partition coefficient (Wildman–Crippen LogP) is 4.17. The fourth-order valence-electron chi connectivity index (χ4n) is 3.89. The van der Waals surface area contributed by atoms with Crippen molar-refractivity contribution in [2.24, 2.45) is 0 Å². The lowest BCUT2D eigenvalue weighted by Gasteiger charge is -2.27. The number of sulfone groups is 1. The average Bonchev–Trinajstić information content (AvgIpc) is 3.26. The summed E-state index contributed by atoms with van der Waals surface area (Å²) in [5, 5.41) is 0.634. The molecule has 1 aromatic heterocycles. The number of rotatable bonds is 10. The molecule has 3 aromatic rings. The summed E-state index contributed by atoms with van der Waals surface area (Å²) in [6.07, 6.45) is 1.06. The maximum atomic E-state index is 13.2. The van der Waals surface area contributed by atoms with Crippen molar-refractivity contribution in [1.29, 1.82) is 0 Å². The third-order valence-corrected chi connectivity index (χ3v) is 8.63. The first-order valence-electron chi connectivity index (χ1n) is 11.4. The number of nitrogens with zero attached hydrogens (tertiary/aromatic N) is 3. The first kappa shape index (κ1) is 27.5. The summed E-state index contributed by atoms with van der Waals surface area (Å²) >= 11 is 1.46. The van der Waals surface area contributed by atoms with E-state index in [1.54, 1.807) is 4.90 Å². The number of fused-ring (bicyclic) bond motifs is 1. The van der Waals surface area contributed by atoms with Gasteiger partial charge in [-0.15, -0.1) is 12.4 Å². The highest BCUT2D eigenvalue weighted by molar-refractivity contribution is 7.91. The lowest BCUT2D eigenvalue weighted by atomic mass is 10.2. The van der Waals surface area contributed by atoms with E-state index in [9.17, 15) is 17.6 Å². The Balaban J connectivity index is 0.00000342. The van der Waals surface area contributed by atoms with Crippen LogP contribution >= 0.6 is 23.7 Å². The van der Waals surface area contributed by atoms with Crippen molar-refractivity contribution >= 4 is 54.8 Å². The molecule has 1 aliphatic heterocycles. The van der Waals surface area contributed by atoms with Gasteiger partial charge >= 0.3 is 0 Å². The second-order valence-corrected chi connectivity index (χ2v) is 11.3. The number of thiazole rings is 1. The van der Waals surface area contributed by atoms with Crippen LogP contribution in [0.1, 0.15) is 19.3 Å². The van der Waals surface area contributed by atoms with Gasteiger partial charge in [0.05, 0.1) is 34.1 Å². The lowest BCUT2D eigenvalue weighted by Crippen LogP contribution is -2.39. The van der Waals surface area contributed by atoms with E-state index in [4.69, 9.17) is 4.74 Å². The minimum atomic E-state index is -3.58. The van der Waals surface area contributed by atoms with E-state index in [2.05, 4.69) is 9.88 Å². The van der Waals surface area contributed by atoms with Crippen molar-refractivity contribution in [2.75, 3.05) is 50.0 Å². The summed E-state index contributed by atoms with van der Waals surface area (Å²) in [6.45, 7) is 4.59. The van der Waals surface area contributed by atoms with E-state index in [0.29, 0.717) is 11.7 Å². The topological polar surface area (TPSA) is 79.8 Å². The Morgan fingerprint density at radius 2 is 1.80 bits per heavy atom. The molecular weight excluding hydrogens is 513 g/mol. The van der Waals surface area contributed by atoms with E-state index in [1.165, 1.54) is 23.5 Å². The molecule has 1 amide bonds. The largest absolute Gasteiger partial charge is 0.379 e. The summed E-state index contributed by atoms with van der Waals surface area (Å²) in [6, 6.07) is 12.5. The molecule has 1 fully saturated rings. The quantitative estimate of drug-likeness (QED) is 0.358. The van der Waals surface area contributed by atoms with Crippen LogP contribution in [0.3, 0.4) is 0 Å². The Hall–Kier alpha value is -2.11. The number of aromatic nitrogens is 1. The van der Waals surface area contributed by atoms with Crippen LogP contribution in [0.2, 0.25) is 0 Å². The smallest absolute Gasteiger partial charge is 0.228 e. The minimum Gasteiger partial charge on any atom is -0.379 e. The van der Waals surface area contributed by atoms with E-state index >= 15 is 0 Å². The molecule has 190 valence electrons. The number of carbonyl (C=O) groups is 1. The Bertz CT molecular complexity index is 1180. The molecule has 0 N–H and O–H groups in total. The third kappa shape index (κ3) is 7.44. The number of halogens is 2.